The Morgan fingerprint density at radius 1 is 0.303 bits per heavy atom. The summed E-state index contributed by atoms with van der Waals surface area (Å²) in [6.07, 6.45) is 106. The number of carboxylic acid groups (broad SMARTS) is 1. The van der Waals surface area contributed by atoms with Gasteiger partial charge in [-0.15, -0.1) is 0 Å². The van der Waals surface area contributed by atoms with Crippen LogP contribution in [-0.2, 0) is 33.3 Å². The molecule has 0 aliphatic carbocycles. The zero-order valence-electron chi connectivity index (χ0n) is 66.4. The van der Waals surface area contributed by atoms with Crippen LogP contribution >= 0.6 is 0 Å². The molecule has 9 heteroatoms. The van der Waals surface area contributed by atoms with E-state index < -0.39 is 24.3 Å². The number of esters is 2. The van der Waals surface area contributed by atoms with Gasteiger partial charge < -0.3 is 33.3 Å². The second-order valence-corrected chi connectivity index (χ2v) is 30.5. The van der Waals surface area contributed by atoms with Crippen molar-refractivity contribution in [2.24, 2.45) is 0 Å². The molecule has 0 bridgehead atoms. The average molecular weight is 1390 g/mol. The molecular formula is C90H165NO8. The number of carbonyl (C=O) groups is 3. The topological polar surface area (TPSA) is 111 Å². The quantitative estimate of drug-likeness (QED) is 0.0195. The van der Waals surface area contributed by atoms with E-state index in [1.54, 1.807) is 0 Å². The van der Waals surface area contributed by atoms with E-state index in [2.05, 4.69) is 86.8 Å². The van der Waals surface area contributed by atoms with Crippen LogP contribution < -0.4 is 5.11 Å². The average Bonchev–Trinajstić information content (AvgIpc) is 1.41. The fraction of sp³-hybridized carbons (Fsp3) is 0.833. The van der Waals surface area contributed by atoms with Crippen LogP contribution in [0.5, 0.6) is 0 Å². The first-order valence-electron chi connectivity index (χ1n) is 43.1. The van der Waals surface area contributed by atoms with Crippen molar-refractivity contribution in [3.63, 3.8) is 0 Å². The summed E-state index contributed by atoms with van der Waals surface area (Å²) in [7, 11) is 5.95. The number of ether oxygens (including phenoxy) is 4. The van der Waals surface area contributed by atoms with Gasteiger partial charge in [0.15, 0.2) is 12.4 Å². The Morgan fingerprint density at radius 2 is 0.545 bits per heavy atom. The summed E-state index contributed by atoms with van der Waals surface area (Å²) in [5, 5.41) is 11.9. The summed E-state index contributed by atoms with van der Waals surface area (Å²) >= 11 is 0. The highest BCUT2D eigenvalue weighted by atomic mass is 16.7. The third-order valence-electron chi connectivity index (χ3n) is 19.4. The number of hydrogen-bond donors (Lipinski definition) is 0. The molecule has 0 N–H and O–H groups in total. The molecule has 0 amide bonds. The molecule has 0 heterocycles. The first kappa shape index (κ1) is 95.7. The van der Waals surface area contributed by atoms with Crippen molar-refractivity contribution in [1.29, 1.82) is 0 Å². The normalized spacial score (nSPS) is 12.9. The minimum atomic E-state index is -1.62. The molecule has 0 fully saturated rings. The maximum Gasteiger partial charge on any atom is 0.306 e. The smallest absolute Gasteiger partial charge is 0.306 e. The van der Waals surface area contributed by atoms with Gasteiger partial charge in [-0.05, 0) is 89.9 Å². The van der Waals surface area contributed by atoms with Crippen molar-refractivity contribution in [3.05, 3.63) is 72.9 Å². The van der Waals surface area contributed by atoms with Gasteiger partial charge in [0.25, 0.3) is 0 Å². The zero-order chi connectivity index (χ0) is 71.8. The molecule has 0 aliphatic rings. The van der Waals surface area contributed by atoms with Crippen molar-refractivity contribution in [3.8, 4) is 0 Å². The zero-order valence-corrected chi connectivity index (χ0v) is 66.4. The molecule has 9 nitrogen and oxygen atoms in total. The number of likely N-dealkylation sites (N-methyl/N-ethyl adjacent to an activating group) is 1. The Bertz CT molecular complexity index is 1860. The second kappa shape index (κ2) is 80.4. The number of rotatable bonds is 81. The molecule has 99 heavy (non-hydrogen) atoms. The van der Waals surface area contributed by atoms with Gasteiger partial charge in [0.1, 0.15) is 13.2 Å². The summed E-state index contributed by atoms with van der Waals surface area (Å²) in [4.78, 5) is 37.7. The minimum Gasteiger partial charge on any atom is -0.545 e. The van der Waals surface area contributed by atoms with Crippen LogP contribution in [-0.4, -0.2) is 82.3 Å². The largest absolute Gasteiger partial charge is 0.545 e. The Labute approximate surface area is 615 Å². The van der Waals surface area contributed by atoms with Gasteiger partial charge in [0.2, 0.25) is 0 Å². The minimum absolute atomic E-state index is 0.149. The number of carboxylic acids is 1. The van der Waals surface area contributed by atoms with Crippen LogP contribution in [0.3, 0.4) is 0 Å². The van der Waals surface area contributed by atoms with Crippen LogP contribution in [0.4, 0.5) is 0 Å². The second-order valence-electron chi connectivity index (χ2n) is 30.5. The molecule has 0 aromatic rings. The Kier molecular flexibility index (Phi) is 77.8. The summed E-state index contributed by atoms with van der Waals surface area (Å²) in [5.74, 6) is -2.25. The fourth-order valence-electron chi connectivity index (χ4n) is 12.9. The van der Waals surface area contributed by atoms with Crippen molar-refractivity contribution in [2.45, 2.75) is 437 Å². The number of hydrogen-bond acceptors (Lipinski definition) is 8. The summed E-state index contributed by atoms with van der Waals surface area (Å²) < 4.78 is 22.9. The predicted octanol–water partition coefficient (Wildman–Crippen LogP) is 26.6. The van der Waals surface area contributed by atoms with E-state index in [0.717, 1.165) is 64.2 Å². The third-order valence-corrected chi connectivity index (χ3v) is 19.4. The van der Waals surface area contributed by atoms with Crippen LogP contribution in [0.25, 0.3) is 0 Å². The number of allylic oxidation sites excluding steroid dienone is 12. The predicted molar refractivity (Wildman–Crippen MR) is 426 cm³/mol. The molecule has 0 rings (SSSR count). The number of quaternary nitrogens is 1. The Morgan fingerprint density at radius 3 is 0.808 bits per heavy atom. The van der Waals surface area contributed by atoms with Crippen LogP contribution in [0, 0.1) is 0 Å². The van der Waals surface area contributed by atoms with Gasteiger partial charge in [-0.2, -0.15) is 0 Å². The lowest BCUT2D eigenvalue weighted by Crippen LogP contribution is -2.44. The van der Waals surface area contributed by atoms with E-state index >= 15 is 0 Å². The van der Waals surface area contributed by atoms with Gasteiger partial charge in [0.05, 0.1) is 40.3 Å². The highest BCUT2D eigenvalue weighted by Gasteiger charge is 2.22. The molecular weight excluding hydrogens is 1220 g/mol. The van der Waals surface area contributed by atoms with Crippen LogP contribution in [0.2, 0.25) is 0 Å². The van der Waals surface area contributed by atoms with Crippen LogP contribution in [0.15, 0.2) is 72.9 Å². The highest BCUT2D eigenvalue weighted by Crippen LogP contribution is 2.20. The van der Waals surface area contributed by atoms with Gasteiger partial charge in [-0.1, -0.05) is 395 Å². The third kappa shape index (κ3) is 81.9. The van der Waals surface area contributed by atoms with Crippen molar-refractivity contribution >= 4 is 17.9 Å². The fourth-order valence-corrected chi connectivity index (χ4v) is 12.9. The van der Waals surface area contributed by atoms with Crippen molar-refractivity contribution < 1.29 is 42.9 Å². The summed E-state index contributed by atoms with van der Waals surface area (Å²) in [5.41, 5.74) is 0. The molecule has 0 radical (unpaired) electrons. The SMILES string of the molecule is CCCCCCC/C=C\C/C=C\C/C=C\CCCCCCCCCCCCCCCCCCCCCCCCC(=O)OCC(COC(OCC[N+](C)(C)C)C(=O)[O-])OC(=O)CCCCCCCCCCCCCCCCCCCCCCCC/C=C\C/C=C\C/C=C\CCCCCCC. The Balaban J connectivity index is 3.94. The number of nitrogens with zero attached hydrogens (tertiary/aromatic N) is 1. The lowest BCUT2D eigenvalue weighted by Gasteiger charge is -2.26. The molecule has 0 aromatic carbocycles. The molecule has 0 saturated carbocycles. The molecule has 578 valence electrons. The van der Waals surface area contributed by atoms with Gasteiger partial charge in [-0.25, -0.2) is 0 Å². The number of aliphatic carboxylic acids is 1. The first-order valence-corrected chi connectivity index (χ1v) is 43.1. The van der Waals surface area contributed by atoms with E-state index in [1.165, 1.54) is 334 Å². The first-order chi connectivity index (χ1) is 48.6. The molecule has 2 unspecified atom stereocenters. The lowest BCUT2D eigenvalue weighted by atomic mass is 10.0. The van der Waals surface area contributed by atoms with Gasteiger partial charge in [0, 0.05) is 12.8 Å². The molecule has 0 aliphatic heterocycles. The molecule has 0 aromatic heterocycles. The van der Waals surface area contributed by atoms with Gasteiger partial charge in [-0.3, -0.25) is 9.59 Å². The number of carbonyl (C=O) groups excluding carboxylic acids is 3. The van der Waals surface area contributed by atoms with Gasteiger partial charge >= 0.3 is 11.9 Å². The maximum atomic E-state index is 13.0. The van der Waals surface area contributed by atoms with Crippen molar-refractivity contribution in [2.75, 3.05) is 47.5 Å². The van der Waals surface area contributed by atoms with E-state index in [0.29, 0.717) is 17.4 Å². The van der Waals surface area contributed by atoms with E-state index in [4.69, 9.17) is 18.9 Å². The molecule has 0 spiro atoms. The Hall–Kier alpha value is -3.27. The van der Waals surface area contributed by atoms with E-state index in [1.807, 2.05) is 21.1 Å². The number of unbranched alkanes of at least 4 members (excludes halogenated alkanes) is 54. The summed E-state index contributed by atoms with van der Waals surface area (Å²) in [6.45, 7) is 4.79. The van der Waals surface area contributed by atoms with E-state index in [-0.39, 0.29) is 32.2 Å². The standard InChI is InChI=1S/C90H165NO8/c1-6-8-10-12-14-16-18-20-22-24-26-28-30-32-34-36-38-40-42-44-46-48-50-52-54-56-58-60-62-64-66-68-70-72-74-76-78-80-87(92)97-84-86(85-98-90(89(94)95)96-83-82-91(3,4)5)99-88(93)81-79-77-75-73-71-69-67-65-63-61-59-57-55-53-51-49-47-45-43-41-39-37-35-33-31-29-27-25-23-21-19-17-15-13-11-9-7-2/h18-21,24-27,30-33,86,90H,6-17,22-23,28-29,34-85H2,1-5H3/b20-18-,21-19-,26-24-,27-25-,32-30-,33-31-. The monoisotopic (exact) mass is 1390 g/mol. The molecule has 0 saturated heterocycles. The van der Waals surface area contributed by atoms with E-state index in [9.17, 15) is 19.5 Å². The molecule has 2 atom stereocenters. The summed E-state index contributed by atoms with van der Waals surface area (Å²) in [6, 6.07) is 0. The lowest BCUT2D eigenvalue weighted by molar-refractivity contribution is -0.870. The maximum absolute atomic E-state index is 13.0. The highest BCUT2D eigenvalue weighted by molar-refractivity contribution is 5.70. The van der Waals surface area contributed by atoms with Crippen LogP contribution in [0.1, 0.15) is 425 Å². The van der Waals surface area contributed by atoms with Crippen molar-refractivity contribution in [1.82, 2.24) is 0 Å².